The maximum atomic E-state index is 4.26. The summed E-state index contributed by atoms with van der Waals surface area (Å²) in [5, 5.41) is 0. The van der Waals surface area contributed by atoms with Gasteiger partial charge >= 0.3 is 0 Å². The summed E-state index contributed by atoms with van der Waals surface area (Å²) in [6.07, 6.45) is 2.54. The Hall–Kier alpha value is 0.400. The van der Waals surface area contributed by atoms with Crippen LogP contribution >= 0.6 is 22.6 Å². The van der Waals surface area contributed by atoms with Crippen LogP contribution in [0, 0.1) is 0 Å². The second-order valence-electron chi connectivity index (χ2n) is 1.69. The van der Waals surface area contributed by atoms with Crippen molar-refractivity contribution in [2.45, 2.75) is 12.8 Å². The van der Waals surface area contributed by atoms with Gasteiger partial charge in [0.1, 0.15) is 0 Å². The normalized spacial score (nSPS) is 19.9. The van der Waals surface area contributed by atoms with Crippen molar-refractivity contribution in [1.82, 2.24) is 0 Å². The molecule has 1 nitrogen and oxygen atoms in total. The molecule has 1 aliphatic rings. The average molecular weight is 209 g/mol. The molecule has 7 heavy (non-hydrogen) atoms. The third kappa shape index (κ3) is 1.40. The number of halogens is 1. The van der Waals surface area contributed by atoms with Crippen LogP contribution < -0.4 is 0 Å². The number of rotatable bonds is 1. The van der Waals surface area contributed by atoms with Gasteiger partial charge in [0.15, 0.2) is 0 Å². The lowest BCUT2D eigenvalue weighted by atomic mass is 10.3. The molecule has 1 aliphatic heterocycles. The topological polar surface area (TPSA) is 12.4 Å². The van der Waals surface area contributed by atoms with E-state index in [1.165, 1.54) is 18.6 Å². The van der Waals surface area contributed by atoms with Crippen LogP contribution in [0.1, 0.15) is 12.8 Å². The van der Waals surface area contributed by atoms with E-state index in [0.29, 0.717) is 0 Å². The van der Waals surface area contributed by atoms with Gasteiger partial charge in [-0.15, -0.1) is 0 Å². The molecule has 0 aliphatic carbocycles. The number of aliphatic imine (C=N–C) groups is 1. The van der Waals surface area contributed by atoms with E-state index >= 15 is 0 Å². The van der Waals surface area contributed by atoms with E-state index in [4.69, 9.17) is 0 Å². The molecule has 0 unspecified atom stereocenters. The predicted molar refractivity (Wildman–Crippen MR) is 40.4 cm³/mol. The molecule has 0 amide bonds. The Balaban J connectivity index is 2.36. The Bertz CT molecular complexity index is 88.1. The first kappa shape index (κ1) is 5.54. The summed E-state index contributed by atoms with van der Waals surface area (Å²) < 4.78 is 1.14. The highest BCUT2D eigenvalue weighted by atomic mass is 127. The minimum atomic E-state index is 1.08. The molecule has 0 aromatic carbocycles. The van der Waals surface area contributed by atoms with Crippen molar-refractivity contribution in [3.05, 3.63) is 0 Å². The lowest BCUT2D eigenvalue weighted by Crippen LogP contribution is -1.90. The SMILES string of the molecule is ICC1=NCCC1. The molecule has 0 aromatic rings. The van der Waals surface area contributed by atoms with Gasteiger partial charge in [0, 0.05) is 16.7 Å². The first-order valence-corrected chi connectivity index (χ1v) is 4.04. The zero-order valence-electron chi connectivity index (χ0n) is 4.15. The van der Waals surface area contributed by atoms with Gasteiger partial charge in [-0.25, -0.2) is 0 Å². The Morgan fingerprint density at radius 1 is 1.71 bits per heavy atom. The second kappa shape index (κ2) is 2.64. The first-order chi connectivity index (χ1) is 3.43. The number of hydrogen-bond donors (Lipinski definition) is 0. The molecule has 2 heteroatoms. The maximum Gasteiger partial charge on any atom is 0.0392 e. The second-order valence-corrected chi connectivity index (χ2v) is 2.45. The molecule has 1 heterocycles. The highest BCUT2D eigenvalue weighted by Crippen LogP contribution is 2.05. The highest BCUT2D eigenvalue weighted by Gasteiger charge is 2.01. The summed E-state index contributed by atoms with van der Waals surface area (Å²) in [4.78, 5) is 4.26. The van der Waals surface area contributed by atoms with E-state index in [1.54, 1.807) is 0 Å². The van der Waals surface area contributed by atoms with Crippen molar-refractivity contribution in [1.29, 1.82) is 0 Å². The molecular weight excluding hydrogens is 201 g/mol. The third-order valence-electron chi connectivity index (χ3n) is 1.11. The van der Waals surface area contributed by atoms with Gasteiger partial charge in [-0.05, 0) is 12.8 Å². The molecule has 1 rings (SSSR count). The van der Waals surface area contributed by atoms with Crippen LogP contribution in [0.5, 0.6) is 0 Å². The van der Waals surface area contributed by atoms with E-state index in [2.05, 4.69) is 27.6 Å². The molecule has 0 N–H and O–H groups in total. The summed E-state index contributed by atoms with van der Waals surface area (Å²) in [6, 6.07) is 0. The Morgan fingerprint density at radius 3 is 2.86 bits per heavy atom. The van der Waals surface area contributed by atoms with Crippen LogP contribution in [-0.2, 0) is 0 Å². The zero-order chi connectivity index (χ0) is 5.11. The van der Waals surface area contributed by atoms with E-state index in [9.17, 15) is 0 Å². The maximum absolute atomic E-state index is 4.26. The predicted octanol–water partition coefficient (Wildman–Crippen LogP) is 1.66. The lowest BCUT2D eigenvalue weighted by Gasteiger charge is -1.84. The molecule has 0 radical (unpaired) electrons. The van der Waals surface area contributed by atoms with Crippen LogP contribution in [-0.4, -0.2) is 16.7 Å². The quantitative estimate of drug-likeness (QED) is 0.460. The smallest absolute Gasteiger partial charge is 0.0392 e. The average Bonchev–Trinajstić information content (AvgIpc) is 2.14. The van der Waals surface area contributed by atoms with Crippen LogP contribution in [0.4, 0.5) is 0 Å². The monoisotopic (exact) mass is 209 g/mol. The van der Waals surface area contributed by atoms with Gasteiger partial charge in [-0.1, -0.05) is 22.6 Å². The molecular formula is C5H8IN. The lowest BCUT2D eigenvalue weighted by molar-refractivity contribution is 0.951. The van der Waals surface area contributed by atoms with E-state index in [0.717, 1.165) is 11.0 Å². The third-order valence-corrected chi connectivity index (χ3v) is 1.99. The summed E-state index contributed by atoms with van der Waals surface area (Å²) >= 11 is 2.36. The van der Waals surface area contributed by atoms with Crippen LogP contribution in [0.3, 0.4) is 0 Å². The van der Waals surface area contributed by atoms with Crippen molar-refractivity contribution in [3.63, 3.8) is 0 Å². The number of alkyl halides is 1. The van der Waals surface area contributed by atoms with Crippen molar-refractivity contribution < 1.29 is 0 Å². The van der Waals surface area contributed by atoms with E-state index in [1.807, 2.05) is 0 Å². The molecule has 0 fully saturated rings. The summed E-state index contributed by atoms with van der Waals surface area (Å²) in [5.74, 6) is 0. The Kier molecular flexibility index (Phi) is 2.09. The molecule has 0 saturated heterocycles. The van der Waals surface area contributed by atoms with Crippen molar-refractivity contribution in [3.8, 4) is 0 Å². The van der Waals surface area contributed by atoms with Crippen molar-refractivity contribution >= 4 is 28.3 Å². The van der Waals surface area contributed by atoms with Gasteiger partial charge in [0.05, 0.1) is 0 Å². The van der Waals surface area contributed by atoms with E-state index < -0.39 is 0 Å². The largest absolute Gasteiger partial charge is 0.293 e. The standard InChI is InChI=1S/C5H8IN/c6-4-5-2-1-3-7-5/h1-4H2. The van der Waals surface area contributed by atoms with Crippen LogP contribution in [0.2, 0.25) is 0 Å². The highest BCUT2D eigenvalue weighted by molar-refractivity contribution is 14.1. The van der Waals surface area contributed by atoms with Crippen molar-refractivity contribution in [2.75, 3.05) is 11.0 Å². The fourth-order valence-corrected chi connectivity index (χ4v) is 1.33. The van der Waals surface area contributed by atoms with Gasteiger partial charge in [-0.3, -0.25) is 4.99 Å². The molecule has 0 spiro atoms. The zero-order valence-corrected chi connectivity index (χ0v) is 6.31. The van der Waals surface area contributed by atoms with Gasteiger partial charge in [-0.2, -0.15) is 0 Å². The minimum Gasteiger partial charge on any atom is -0.293 e. The van der Waals surface area contributed by atoms with Crippen LogP contribution in [0.25, 0.3) is 0 Å². The van der Waals surface area contributed by atoms with Crippen molar-refractivity contribution in [2.24, 2.45) is 4.99 Å². The molecule has 0 aromatic heterocycles. The molecule has 0 bridgehead atoms. The summed E-state index contributed by atoms with van der Waals surface area (Å²) in [7, 11) is 0. The van der Waals surface area contributed by atoms with Crippen LogP contribution in [0.15, 0.2) is 4.99 Å². The fourth-order valence-electron chi connectivity index (χ4n) is 0.708. The van der Waals surface area contributed by atoms with Gasteiger partial charge in [0.2, 0.25) is 0 Å². The Labute approximate surface area is 57.4 Å². The molecule has 0 atom stereocenters. The number of nitrogens with zero attached hydrogens (tertiary/aromatic N) is 1. The van der Waals surface area contributed by atoms with Gasteiger partial charge < -0.3 is 0 Å². The number of hydrogen-bond acceptors (Lipinski definition) is 1. The molecule has 40 valence electrons. The molecule has 0 saturated carbocycles. The first-order valence-electron chi connectivity index (χ1n) is 2.51. The Morgan fingerprint density at radius 2 is 2.57 bits per heavy atom. The minimum absolute atomic E-state index is 1.08. The van der Waals surface area contributed by atoms with E-state index in [-0.39, 0.29) is 0 Å². The fraction of sp³-hybridized carbons (Fsp3) is 0.800. The van der Waals surface area contributed by atoms with Gasteiger partial charge in [0.25, 0.3) is 0 Å². The summed E-state index contributed by atoms with van der Waals surface area (Å²) in [5.41, 5.74) is 1.40. The summed E-state index contributed by atoms with van der Waals surface area (Å²) in [6.45, 7) is 1.08.